The van der Waals surface area contributed by atoms with Crippen molar-refractivity contribution in [2.75, 3.05) is 5.73 Å². The molecular weight excluding hydrogens is 288 g/mol. The van der Waals surface area contributed by atoms with E-state index in [1.807, 2.05) is 0 Å². The van der Waals surface area contributed by atoms with Gasteiger partial charge in [-0.1, -0.05) is 0 Å². The first-order valence-corrected chi connectivity index (χ1v) is 6.96. The largest absolute Gasteiger partial charge is 0.480 e. The van der Waals surface area contributed by atoms with Gasteiger partial charge in [-0.2, -0.15) is 0 Å². The summed E-state index contributed by atoms with van der Waals surface area (Å²) in [6.07, 6.45) is 3.49. The fourth-order valence-corrected chi connectivity index (χ4v) is 1.75. The number of hydrogen-bond acceptors (Lipinski definition) is 6. The summed E-state index contributed by atoms with van der Waals surface area (Å²) in [6.45, 7) is 5.12. The van der Waals surface area contributed by atoms with Crippen LogP contribution in [0.15, 0.2) is 12.4 Å². The predicted molar refractivity (Wildman–Crippen MR) is 80.2 cm³/mol. The van der Waals surface area contributed by atoms with Crippen LogP contribution in [0.3, 0.4) is 0 Å². The maximum absolute atomic E-state index is 11.6. The highest BCUT2D eigenvalue weighted by Crippen LogP contribution is 2.11. The Labute approximate surface area is 129 Å². The second-order valence-electron chi connectivity index (χ2n) is 5.82. The van der Waals surface area contributed by atoms with Crippen LogP contribution in [0, 0.1) is 0 Å². The molecule has 1 amide bonds. The van der Waals surface area contributed by atoms with Gasteiger partial charge in [0.25, 0.3) is 0 Å². The van der Waals surface area contributed by atoms with Crippen LogP contribution in [-0.2, 0) is 16.0 Å². The Bertz CT molecular complexity index is 528. The Hall–Kier alpha value is -2.38. The number of carboxylic acid groups (broad SMARTS) is 1. The number of rotatable bonds is 6. The molecule has 0 aliphatic carbocycles. The number of nitrogens with one attached hydrogen (secondary N) is 1. The normalized spacial score (nSPS) is 12.5. The van der Waals surface area contributed by atoms with Crippen LogP contribution in [0.4, 0.5) is 10.6 Å². The molecule has 1 aromatic rings. The van der Waals surface area contributed by atoms with E-state index in [1.165, 1.54) is 12.4 Å². The lowest BCUT2D eigenvalue weighted by molar-refractivity contribution is -0.139. The molecule has 0 aliphatic rings. The van der Waals surface area contributed by atoms with Gasteiger partial charge in [0, 0.05) is 12.4 Å². The van der Waals surface area contributed by atoms with Crippen molar-refractivity contribution in [1.82, 2.24) is 15.3 Å². The number of aryl methyl sites for hydroxylation is 1. The molecule has 1 heterocycles. The summed E-state index contributed by atoms with van der Waals surface area (Å²) in [5, 5.41) is 11.5. The fourth-order valence-electron chi connectivity index (χ4n) is 1.75. The van der Waals surface area contributed by atoms with E-state index in [0.29, 0.717) is 24.4 Å². The van der Waals surface area contributed by atoms with E-state index >= 15 is 0 Å². The zero-order chi connectivity index (χ0) is 16.8. The lowest BCUT2D eigenvalue weighted by Crippen LogP contribution is -2.43. The van der Waals surface area contributed by atoms with E-state index in [1.54, 1.807) is 20.8 Å². The topological polar surface area (TPSA) is 127 Å². The highest BCUT2D eigenvalue weighted by molar-refractivity contribution is 5.79. The Morgan fingerprint density at radius 3 is 2.55 bits per heavy atom. The van der Waals surface area contributed by atoms with Gasteiger partial charge in [-0.05, 0) is 40.0 Å². The van der Waals surface area contributed by atoms with Crippen molar-refractivity contribution >= 4 is 17.9 Å². The van der Waals surface area contributed by atoms with Crippen molar-refractivity contribution < 1.29 is 19.4 Å². The minimum absolute atomic E-state index is 0.241. The Balaban J connectivity index is 2.50. The number of nitrogens with zero attached hydrogens (tertiary/aromatic N) is 2. The molecule has 22 heavy (non-hydrogen) atoms. The maximum Gasteiger partial charge on any atom is 0.408 e. The molecule has 0 aromatic carbocycles. The number of carbonyl (C=O) groups excluding carboxylic acids is 1. The molecule has 0 saturated heterocycles. The number of carbonyl (C=O) groups is 2. The van der Waals surface area contributed by atoms with Crippen LogP contribution in [0.5, 0.6) is 0 Å². The van der Waals surface area contributed by atoms with Crippen molar-refractivity contribution in [3.05, 3.63) is 18.1 Å². The average Bonchev–Trinajstić information content (AvgIpc) is 2.37. The van der Waals surface area contributed by atoms with Gasteiger partial charge in [0.05, 0.1) is 5.69 Å². The molecule has 0 spiro atoms. The summed E-state index contributed by atoms with van der Waals surface area (Å²) in [5.74, 6) is -0.785. The molecule has 0 saturated carbocycles. The zero-order valence-corrected chi connectivity index (χ0v) is 13.0. The second kappa shape index (κ2) is 7.58. The molecule has 0 radical (unpaired) electrons. The summed E-state index contributed by atoms with van der Waals surface area (Å²) in [6, 6.07) is -1.02. The number of nitrogens with two attached hydrogens (primary N) is 1. The van der Waals surface area contributed by atoms with Crippen LogP contribution in [0.2, 0.25) is 0 Å². The van der Waals surface area contributed by atoms with Crippen LogP contribution in [0.1, 0.15) is 39.3 Å². The monoisotopic (exact) mass is 310 g/mol. The van der Waals surface area contributed by atoms with Crippen LogP contribution in [0.25, 0.3) is 0 Å². The average molecular weight is 310 g/mol. The predicted octanol–water partition coefficient (Wildman–Crippen LogP) is 1.36. The van der Waals surface area contributed by atoms with Gasteiger partial charge >= 0.3 is 12.1 Å². The highest BCUT2D eigenvalue weighted by Gasteiger charge is 2.23. The fraction of sp³-hybridized carbons (Fsp3) is 0.571. The van der Waals surface area contributed by atoms with E-state index < -0.39 is 23.7 Å². The lowest BCUT2D eigenvalue weighted by Gasteiger charge is -2.22. The molecule has 0 unspecified atom stereocenters. The first-order valence-electron chi connectivity index (χ1n) is 6.96. The Morgan fingerprint density at radius 1 is 1.36 bits per heavy atom. The summed E-state index contributed by atoms with van der Waals surface area (Å²) >= 11 is 0. The molecule has 1 aromatic heterocycles. The summed E-state index contributed by atoms with van der Waals surface area (Å²) < 4.78 is 5.05. The van der Waals surface area contributed by atoms with Crippen molar-refractivity contribution in [3.63, 3.8) is 0 Å². The molecule has 122 valence electrons. The van der Waals surface area contributed by atoms with Gasteiger partial charge in [0.2, 0.25) is 0 Å². The minimum Gasteiger partial charge on any atom is -0.480 e. The van der Waals surface area contributed by atoms with Crippen molar-refractivity contribution in [3.8, 4) is 0 Å². The zero-order valence-electron chi connectivity index (χ0n) is 13.0. The second-order valence-corrected chi connectivity index (χ2v) is 5.82. The number of aromatic nitrogens is 2. The molecule has 8 nitrogen and oxygen atoms in total. The van der Waals surface area contributed by atoms with Gasteiger partial charge in [0.1, 0.15) is 17.5 Å². The minimum atomic E-state index is -1.11. The number of alkyl carbamates (subject to hydrolysis) is 1. The summed E-state index contributed by atoms with van der Waals surface area (Å²) in [4.78, 5) is 30.8. The van der Waals surface area contributed by atoms with Gasteiger partial charge in [-0.3, -0.25) is 4.98 Å². The van der Waals surface area contributed by atoms with E-state index in [0.717, 1.165) is 0 Å². The first-order chi connectivity index (χ1) is 10.2. The summed E-state index contributed by atoms with van der Waals surface area (Å²) in [7, 11) is 0. The molecule has 8 heteroatoms. The van der Waals surface area contributed by atoms with Crippen molar-refractivity contribution in [2.24, 2.45) is 0 Å². The number of ether oxygens (including phenoxy) is 1. The molecule has 0 fully saturated rings. The number of hydrogen-bond donors (Lipinski definition) is 3. The number of amides is 1. The molecule has 1 atom stereocenters. The van der Waals surface area contributed by atoms with E-state index in [4.69, 9.17) is 15.6 Å². The van der Waals surface area contributed by atoms with E-state index in [9.17, 15) is 9.59 Å². The SMILES string of the molecule is CC(C)(C)OC(=O)N[C@@H](CCCc1nccnc1N)C(=O)O. The van der Waals surface area contributed by atoms with Crippen LogP contribution < -0.4 is 11.1 Å². The molecule has 1 rings (SSSR count). The third-order valence-electron chi connectivity index (χ3n) is 2.70. The van der Waals surface area contributed by atoms with Crippen LogP contribution >= 0.6 is 0 Å². The molecular formula is C14H22N4O4. The third-order valence-corrected chi connectivity index (χ3v) is 2.70. The highest BCUT2D eigenvalue weighted by atomic mass is 16.6. The van der Waals surface area contributed by atoms with Crippen molar-refractivity contribution in [1.29, 1.82) is 0 Å². The Kier molecular flexibility index (Phi) is 6.09. The number of nitrogen functional groups attached to an aromatic ring is 1. The molecule has 4 N–H and O–H groups in total. The number of anilines is 1. The molecule has 0 bridgehead atoms. The van der Waals surface area contributed by atoms with E-state index in [-0.39, 0.29) is 6.42 Å². The maximum atomic E-state index is 11.6. The third kappa shape index (κ3) is 6.38. The van der Waals surface area contributed by atoms with E-state index in [2.05, 4.69) is 15.3 Å². The lowest BCUT2D eigenvalue weighted by atomic mass is 10.1. The number of aliphatic carboxylic acids is 1. The van der Waals surface area contributed by atoms with Gasteiger partial charge in [-0.15, -0.1) is 0 Å². The Morgan fingerprint density at radius 2 is 2.00 bits per heavy atom. The van der Waals surface area contributed by atoms with Gasteiger partial charge < -0.3 is 20.9 Å². The van der Waals surface area contributed by atoms with Gasteiger partial charge in [-0.25, -0.2) is 14.6 Å². The first kappa shape index (κ1) is 17.7. The van der Waals surface area contributed by atoms with Crippen molar-refractivity contribution in [2.45, 2.75) is 51.7 Å². The summed E-state index contributed by atoms with van der Waals surface area (Å²) in [5.41, 5.74) is 5.60. The quantitative estimate of drug-likeness (QED) is 0.723. The number of carboxylic acids is 1. The smallest absolute Gasteiger partial charge is 0.408 e. The molecule has 0 aliphatic heterocycles. The van der Waals surface area contributed by atoms with Gasteiger partial charge in [0.15, 0.2) is 0 Å². The standard InChI is InChI=1S/C14H22N4O4/c1-14(2,3)22-13(21)18-10(12(19)20)6-4-5-9-11(15)17-8-7-16-9/h7-8,10H,4-6H2,1-3H3,(H2,15,17)(H,18,21)(H,19,20)/t10-/m0/s1. The van der Waals surface area contributed by atoms with Crippen LogP contribution in [-0.4, -0.2) is 38.8 Å².